The van der Waals surface area contributed by atoms with Gasteiger partial charge in [-0.25, -0.2) is 13.6 Å². The zero-order valence-electron chi connectivity index (χ0n) is 15.5. The first-order valence-electron chi connectivity index (χ1n) is 9.17. The van der Waals surface area contributed by atoms with Gasteiger partial charge in [0.1, 0.15) is 10.7 Å². The predicted molar refractivity (Wildman–Crippen MR) is 103 cm³/mol. The van der Waals surface area contributed by atoms with E-state index in [4.69, 9.17) is 4.74 Å². The van der Waals surface area contributed by atoms with Gasteiger partial charge in [-0.15, -0.1) is 11.3 Å². The van der Waals surface area contributed by atoms with Crippen LogP contribution in [0.5, 0.6) is 0 Å². The number of carbonyl (C=O) groups excluding carboxylic acids is 2. The number of ketones is 1. The third-order valence-corrected chi connectivity index (χ3v) is 6.50. The summed E-state index contributed by atoms with van der Waals surface area (Å²) in [5, 5.41) is 4.04. The molecule has 2 atom stereocenters. The lowest BCUT2D eigenvalue weighted by Crippen LogP contribution is -2.34. The molecule has 1 N–H and O–H groups in total. The van der Waals surface area contributed by atoms with Crippen LogP contribution in [0.3, 0.4) is 0 Å². The van der Waals surface area contributed by atoms with Gasteiger partial charge in [0.15, 0.2) is 11.6 Å². The maximum atomic E-state index is 14.0. The standard InChI is InChI=1S/C21H19F2NO3S/c1-3-27-21(26)19-10(2)16-17(11-7-8-12(22)13(23)9-11)18-14(24-20(16)28-19)5-4-6-15(18)25/h5,7-9,17-18,24H,3-4,6H2,1-2H3/t17-,18+/m1/s1. The number of allylic oxidation sites excluding steroid dienone is 2. The number of Topliss-reactive ketones (excluding diaryl/α,β-unsaturated/α-hetero) is 1. The van der Waals surface area contributed by atoms with E-state index < -0.39 is 29.4 Å². The molecule has 0 unspecified atom stereocenters. The van der Waals surface area contributed by atoms with Crippen molar-refractivity contribution >= 4 is 28.1 Å². The second-order valence-corrected chi connectivity index (χ2v) is 7.96. The van der Waals surface area contributed by atoms with Gasteiger partial charge in [-0.2, -0.15) is 0 Å². The Morgan fingerprint density at radius 1 is 1.29 bits per heavy atom. The lowest BCUT2D eigenvalue weighted by Gasteiger charge is -2.36. The molecule has 0 bridgehead atoms. The van der Waals surface area contributed by atoms with Gasteiger partial charge in [-0.1, -0.05) is 12.1 Å². The number of ether oxygens (including phenoxy) is 1. The van der Waals surface area contributed by atoms with Crippen LogP contribution in [0.1, 0.15) is 52.0 Å². The summed E-state index contributed by atoms with van der Waals surface area (Å²) in [4.78, 5) is 25.6. The average Bonchev–Trinajstić information content (AvgIpc) is 2.99. The third kappa shape index (κ3) is 2.94. The number of anilines is 1. The molecular weight excluding hydrogens is 384 g/mol. The highest BCUT2D eigenvalue weighted by Crippen LogP contribution is 2.51. The van der Waals surface area contributed by atoms with Crippen molar-refractivity contribution in [1.82, 2.24) is 0 Å². The molecule has 7 heteroatoms. The molecule has 0 radical (unpaired) electrons. The molecule has 1 aliphatic heterocycles. The van der Waals surface area contributed by atoms with Gasteiger partial charge in [0.25, 0.3) is 0 Å². The lowest BCUT2D eigenvalue weighted by molar-refractivity contribution is -0.122. The summed E-state index contributed by atoms with van der Waals surface area (Å²) in [6.45, 7) is 3.80. The second-order valence-electron chi connectivity index (χ2n) is 6.94. The second kappa shape index (κ2) is 7.13. The average molecular weight is 403 g/mol. The maximum Gasteiger partial charge on any atom is 0.348 e. The molecule has 0 spiro atoms. The number of hydrogen-bond donors (Lipinski definition) is 1. The Labute approximate surface area is 165 Å². The number of rotatable bonds is 3. The van der Waals surface area contributed by atoms with Crippen LogP contribution in [-0.4, -0.2) is 18.4 Å². The van der Waals surface area contributed by atoms with Gasteiger partial charge in [-0.05, 0) is 49.1 Å². The Hall–Kier alpha value is -2.54. The molecule has 28 heavy (non-hydrogen) atoms. The summed E-state index contributed by atoms with van der Waals surface area (Å²) >= 11 is 1.27. The van der Waals surface area contributed by atoms with E-state index in [9.17, 15) is 18.4 Å². The molecule has 4 rings (SSSR count). The first kappa shape index (κ1) is 18.8. The van der Waals surface area contributed by atoms with E-state index >= 15 is 0 Å². The Morgan fingerprint density at radius 2 is 2.07 bits per heavy atom. The minimum absolute atomic E-state index is 0.0497. The predicted octanol–water partition coefficient (Wildman–Crippen LogP) is 4.93. The van der Waals surface area contributed by atoms with Crippen LogP contribution < -0.4 is 5.32 Å². The van der Waals surface area contributed by atoms with Crippen LogP contribution >= 0.6 is 11.3 Å². The number of nitrogens with one attached hydrogen (secondary N) is 1. The Bertz CT molecular complexity index is 1010. The smallest absolute Gasteiger partial charge is 0.348 e. The Kier molecular flexibility index (Phi) is 4.79. The molecule has 2 aromatic rings. The van der Waals surface area contributed by atoms with E-state index in [-0.39, 0.29) is 12.4 Å². The quantitative estimate of drug-likeness (QED) is 0.738. The monoisotopic (exact) mass is 403 g/mol. The van der Waals surface area contributed by atoms with Crippen molar-refractivity contribution in [3.63, 3.8) is 0 Å². The van der Waals surface area contributed by atoms with Crippen molar-refractivity contribution in [3.05, 3.63) is 63.2 Å². The van der Waals surface area contributed by atoms with E-state index in [1.807, 2.05) is 6.08 Å². The normalized spacial score (nSPS) is 20.7. The summed E-state index contributed by atoms with van der Waals surface area (Å²) in [6, 6.07) is 3.74. The van der Waals surface area contributed by atoms with Crippen molar-refractivity contribution in [1.29, 1.82) is 0 Å². The van der Waals surface area contributed by atoms with E-state index in [1.54, 1.807) is 13.8 Å². The first-order chi connectivity index (χ1) is 13.4. The molecule has 1 aromatic carbocycles. The van der Waals surface area contributed by atoms with Crippen molar-refractivity contribution in [2.24, 2.45) is 5.92 Å². The Morgan fingerprint density at radius 3 is 2.79 bits per heavy atom. The van der Waals surface area contributed by atoms with Crippen LogP contribution in [0.15, 0.2) is 30.0 Å². The number of esters is 1. The fraction of sp³-hybridized carbons (Fsp3) is 0.333. The summed E-state index contributed by atoms with van der Waals surface area (Å²) in [5.74, 6) is -3.25. The van der Waals surface area contributed by atoms with Gasteiger partial charge in [0.2, 0.25) is 0 Å². The molecule has 0 amide bonds. The molecule has 2 heterocycles. The van der Waals surface area contributed by atoms with Crippen molar-refractivity contribution in [3.8, 4) is 0 Å². The zero-order chi connectivity index (χ0) is 20.0. The number of hydrogen-bond acceptors (Lipinski definition) is 5. The molecule has 2 aliphatic rings. The number of thiophene rings is 1. The highest BCUT2D eigenvalue weighted by atomic mass is 32.1. The van der Waals surface area contributed by atoms with Gasteiger partial charge in [0, 0.05) is 18.0 Å². The summed E-state index contributed by atoms with van der Waals surface area (Å²) in [7, 11) is 0. The largest absolute Gasteiger partial charge is 0.462 e. The van der Waals surface area contributed by atoms with Gasteiger partial charge < -0.3 is 10.1 Å². The van der Waals surface area contributed by atoms with E-state index in [0.29, 0.717) is 28.8 Å². The zero-order valence-corrected chi connectivity index (χ0v) is 16.3. The maximum absolute atomic E-state index is 14.0. The van der Waals surface area contributed by atoms with Crippen molar-refractivity contribution in [2.45, 2.75) is 32.6 Å². The number of carbonyl (C=O) groups is 2. The van der Waals surface area contributed by atoms with E-state index in [0.717, 1.165) is 28.4 Å². The number of halogens is 2. The molecule has 0 saturated carbocycles. The fourth-order valence-electron chi connectivity index (χ4n) is 4.07. The number of fused-ring (bicyclic) bond motifs is 2. The molecule has 1 aliphatic carbocycles. The minimum atomic E-state index is -0.954. The van der Waals surface area contributed by atoms with E-state index in [1.165, 1.54) is 17.4 Å². The van der Waals surface area contributed by atoms with Crippen molar-refractivity contribution < 1.29 is 23.1 Å². The van der Waals surface area contributed by atoms with E-state index in [2.05, 4.69) is 5.32 Å². The fourth-order valence-corrected chi connectivity index (χ4v) is 5.24. The topological polar surface area (TPSA) is 55.4 Å². The highest BCUT2D eigenvalue weighted by Gasteiger charge is 2.43. The van der Waals surface area contributed by atoms with Gasteiger partial charge >= 0.3 is 5.97 Å². The van der Waals surface area contributed by atoms with Gasteiger partial charge in [0.05, 0.1) is 17.5 Å². The molecular formula is C21H19F2NO3S. The molecule has 0 fully saturated rings. The summed E-state index contributed by atoms with van der Waals surface area (Å²) in [5.41, 5.74) is 2.76. The van der Waals surface area contributed by atoms with Crippen LogP contribution in [0.4, 0.5) is 13.8 Å². The lowest BCUT2D eigenvalue weighted by atomic mass is 9.71. The summed E-state index contributed by atoms with van der Waals surface area (Å²) in [6.07, 6.45) is 3.01. The summed E-state index contributed by atoms with van der Waals surface area (Å²) < 4.78 is 32.7. The van der Waals surface area contributed by atoms with Crippen molar-refractivity contribution in [2.75, 3.05) is 11.9 Å². The van der Waals surface area contributed by atoms with Crippen LogP contribution in [0, 0.1) is 24.5 Å². The number of benzene rings is 1. The van der Waals surface area contributed by atoms with Crippen LogP contribution in [0.2, 0.25) is 0 Å². The van der Waals surface area contributed by atoms with Gasteiger partial charge in [-0.3, -0.25) is 4.79 Å². The SMILES string of the molecule is CCOC(=O)c1sc2c(c1C)[C@@H](c1ccc(F)c(F)c1)[C@@H]1C(=O)CCC=C1N2. The third-order valence-electron chi connectivity index (χ3n) is 5.30. The first-order valence-corrected chi connectivity index (χ1v) is 9.99. The van der Waals surface area contributed by atoms with Crippen LogP contribution in [-0.2, 0) is 9.53 Å². The molecule has 4 nitrogen and oxygen atoms in total. The minimum Gasteiger partial charge on any atom is -0.462 e. The molecule has 1 aromatic heterocycles. The molecule has 0 saturated heterocycles. The van der Waals surface area contributed by atoms with Crippen LogP contribution in [0.25, 0.3) is 0 Å². The molecule has 146 valence electrons. The highest BCUT2D eigenvalue weighted by molar-refractivity contribution is 7.18. The Balaban J connectivity index is 1.92.